The molecule has 0 bridgehead atoms. The van der Waals surface area contributed by atoms with E-state index in [0.29, 0.717) is 13.0 Å². The second kappa shape index (κ2) is 6.14. The average Bonchev–Trinajstić information content (AvgIpc) is 2.39. The molecular weight excluding hydrogens is 238 g/mol. The van der Waals surface area contributed by atoms with Crippen molar-refractivity contribution >= 4 is 22.9 Å². The Labute approximate surface area is 112 Å². The van der Waals surface area contributed by atoms with Crippen LogP contribution in [0.3, 0.4) is 0 Å². The van der Waals surface area contributed by atoms with Crippen molar-refractivity contribution in [1.29, 1.82) is 0 Å². The van der Waals surface area contributed by atoms with E-state index in [9.17, 15) is 4.79 Å². The van der Waals surface area contributed by atoms with E-state index in [1.165, 1.54) is 0 Å². The van der Waals surface area contributed by atoms with E-state index in [2.05, 4.69) is 17.1 Å². The maximum Gasteiger partial charge on any atom is 0.309 e. The Morgan fingerprint density at radius 1 is 1.32 bits per heavy atom. The summed E-state index contributed by atoms with van der Waals surface area (Å²) < 4.78 is 4.86. The van der Waals surface area contributed by atoms with E-state index < -0.39 is 0 Å². The molecular formula is C16H17NO2. The third-order valence-corrected chi connectivity index (χ3v) is 2.75. The van der Waals surface area contributed by atoms with Gasteiger partial charge in [-0.25, -0.2) is 0 Å². The lowest BCUT2D eigenvalue weighted by atomic mass is 10.1. The quantitative estimate of drug-likeness (QED) is 0.785. The van der Waals surface area contributed by atoms with Crippen LogP contribution in [0.5, 0.6) is 0 Å². The molecule has 1 aromatic carbocycles. The van der Waals surface area contributed by atoms with Gasteiger partial charge in [0.05, 0.1) is 18.5 Å². The van der Waals surface area contributed by atoms with Crippen LogP contribution >= 0.6 is 0 Å². The fraction of sp³-hybridized carbons (Fsp3) is 0.250. The first-order valence-electron chi connectivity index (χ1n) is 6.38. The second-order valence-corrected chi connectivity index (χ2v) is 4.32. The number of aryl methyl sites for hydroxylation is 1. The number of nitrogens with zero attached hydrogens (tertiary/aromatic N) is 1. The summed E-state index contributed by atoms with van der Waals surface area (Å²) in [6.45, 7) is 4.21. The molecule has 0 amide bonds. The van der Waals surface area contributed by atoms with E-state index in [4.69, 9.17) is 4.74 Å². The predicted octanol–water partition coefficient (Wildman–Crippen LogP) is 3.51. The summed E-state index contributed by atoms with van der Waals surface area (Å²) in [5.41, 5.74) is 3.06. The van der Waals surface area contributed by atoms with Crippen LogP contribution in [0.25, 0.3) is 17.0 Å². The average molecular weight is 255 g/mol. The van der Waals surface area contributed by atoms with Crippen molar-refractivity contribution in [1.82, 2.24) is 4.98 Å². The summed E-state index contributed by atoms with van der Waals surface area (Å²) in [5.74, 6) is -0.197. The molecule has 1 aromatic heterocycles. The van der Waals surface area contributed by atoms with Crippen LogP contribution in [0.2, 0.25) is 0 Å². The molecule has 0 atom stereocenters. The van der Waals surface area contributed by atoms with Gasteiger partial charge in [0.1, 0.15) is 0 Å². The number of aromatic nitrogens is 1. The molecule has 98 valence electrons. The van der Waals surface area contributed by atoms with E-state index >= 15 is 0 Å². The summed E-state index contributed by atoms with van der Waals surface area (Å²) in [5, 5.41) is 1.10. The first-order chi connectivity index (χ1) is 9.19. The minimum Gasteiger partial charge on any atom is -0.466 e. The Balaban J connectivity index is 2.11. The number of carbonyl (C=O) groups is 1. The number of rotatable bonds is 4. The number of fused-ring (bicyclic) bond motifs is 1. The molecule has 3 heteroatoms. The highest BCUT2D eigenvalue weighted by atomic mass is 16.5. The third-order valence-electron chi connectivity index (χ3n) is 2.75. The van der Waals surface area contributed by atoms with Crippen molar-refractivity contribution in [3.8, 4) is 0 Å². The predicted molar refractivity (Wildman–Crippen MR) is 76.8 cm³/mol. The summed E-state index contributed by atoms with van der Waals surface area (Å²) in [6.07, 6.45) is 4.05. The van der Waals surface area contributed by atoms with Crippen molar-refractivity contribution in [2.24, 2.45) is 0 Å². The molecule has 0 aliphatic rings. The second-order valence-electron chi connectivity index (χ2n) is 4.32. The van der Waals surface area contributed by atoms with E-state index in [0.717, 1.165) is 22.2 Å². The van der Waals surface area contributed by atoms with Gasteiger partial charge >= 0.3 is 5.97 Å². The number of hydrogen-bond donors (Lipinski definition) is 0. The zero-order chi connectivity index (χ0) is 13.7. The van der Waals surface area contributed by atoms with E-state index in [1.807, 2.05) is 37.3 Å². The topological polar surface area (TPSA) is 39.2 Å². The summed E-state index contributed by atoms with van der Waals surface area (Å²) in [6, 6.07) is 10.1. The Morgan fingerprint density at radius 3 is 2.95 bits per heavy atom. The highest BCUT2D eigenvalue weighted by Gasteiger charge is 1.98. The van der Waals surface area contributed by atoms with Gasteiger partial charge in [-0.2, -0.15) is 0 Å². The lowest BCUT2D eigenvalue weighted by molar-refractivity contribution is -0.142. The number of hydrogen-bond acceptors (Lipinski definition) is 3. The molecule has 2 rings (SSSR count). The monoisotopic (exact) mass is 255 g/mol. The van der Waals surface area contributed by atoms with Crippen LogP contribution in [0, 0.1) is 6.92 Å². The van der Waals surface area contributed by atoms with Crippen LogP contribution in [0.1, 0.15) is 24.6 Å². The zero-order valence-electron chi connectivity index (χ0n) is 11.2. The number of carbonyl (C=O) groups excluding carboxylic acids is 1. The molecule has 0 aliphatic carbocycles. The third kappa shape index (κ3) is 3.65. The Bertz CT molecular complexity index is 617. The fourth-order valence-corrected chi connectivity index (χ4v) is 1.86. The van der Waals surface area contributed by atoms with Gasteiger partial charge in [-0.3, -0.25) is 9.78 Å². The van der Waals surface area contributed by atoms with E-state index in [1.54, 1.807) is 6.92 Å². The Morgan fingerprint density at radius 2 is 2.16 bits per heavy atom. The maximum absolute atomic E-state index is 11.2. The van der Waals surface area contributed by atoms with Gasteiger partial charge in [-0.15, -0.1) is 0 Å². The molecule has 1 heterocycles. The van der Waals surface area contributed by atoms with Crippen molar-refractivity contribution in [3.63, 3.8) is 0 Å². The van der Waals surface area contributed by atoms with Crippen molar-refractivity contribution in [2.75, 3.05) is 6.61 Å². The SMILES string of the molecule is CCOC(=O)CC=Cc1ccc2nc(C)ccc2c1. The molecule has 0 aliphatic heterocycles. The minimum absolute atomic E-state index is 0.197. The zero-order valence-corrected chi connectivity index (χ0v) is 11.2. The van der Waals surface area contributed by atoms with Gasteiger partial charge < -0.3 is 4.74 Å². The molecule has 0 N–H and O–H groups in total. The normalized spacial score (nSPS) is 11.1. The van der Waals surface area contributed by atoms with Gasteiger partial charge in [0.15, 0.2) is 0 Å². The molecule has 3 nitrogen and oxygen atoms in total. The molecule has 2 aromatic rings. The lowest BCUT2D eigenvalue weighted by Gasteiger charge is -2.00. The first kappa shape index (κ1) is 13.3. The first-order valence-corrected chi connectivity index (χ1v) is 6.38. The Kier molecular flexibility index (Phi) is 4.29. The van der Waals surface area contributed by atoms with Crippen LogP contribution in [0.4, 0.5) is 0 Å². The van der Waals surface area contributed by atoms with Crippen LogP contribution < -0.4 is 0 Å². The molecule has 19 heavy (non-hydrogen) atoms. The smallest absolute Gasteiger partial charge is 0.309 e. The number of benzene rings is 1. The molecule has 0 fully saturated rings. The fourth-order valence-electron chi connectivity index (χ4n) is 1.86. The largest absolute Gasteiger partial charge is 0.466 e. The molecule has 0 unspecified atom stereocenters. The molecule has 0 spiro atoms. The minimum atomic E-state index is -0.197. The summed E-state index contributed by atoms with van der Waals surface area (Å²) in [7, 11) is 0. The highest BCUT2D eigenvalue weighted by Crippen LogP contribution is 2.15. The van der Waals surface area contributed by atoms with Gasteiger partial charge in [0.25, 0.3) is 0 Å². The molecule has 0 saturated heterocycles. The summed E-state index contributed by atoms with van der Waals surface area (Å²) in [4.78, 5) is 15.7. The van der Waals surface area contributed by atoms with Crippen LogP contribution in [-0.4, -0.2) is 17.6 Å². The van der Waals surface area contributed by atoms with Crippen LogP contribution in [-0.2, 0) is 9.53 Å². The molecule has 0 saturated carbocycles. The van der Waals surface area contributed by atoms with E-state index in [-0.39, 0.29) is 5.97 Å². The van der Waals surface area contributed by atoms with Gasteiger partial charge in [0, 0.05) is 11.1 Å². The lowest BCUT2D eigenvalue weighted by Crippen LogP contribution is -2.01. The summed E-state index contributed by atoms with van der Waals surface area (Å²) >= 11 is 0. The number of pyridine rings is 1. The van der Waals surface area contributed by atoms with Gasteiger partial charge in [-0.05, 0) is 37.6 Å². The van der Waals surface area contributed by atoms with Crippen LogP contribution in [0.15, 0.2) is 36.4 Å². The highest BCUT2D eigenvalue weighted by molar-refractivity contribution is 5.81. The van der Waals surface area contributed by atoms with Gasteiger partial charge in [-0.1, -0.05) is 24.3 Å². The van der Waals surface area contributed by atoms with Crippen molar-refractivity contribution in [2.45, 2.75) is 20.3 Å². The Hall–Kier alpha value is -2.16. The number of ether oxygens (including phenoxy) is 1. The van der Waals surface area contributed by atoms with Crippen molar-refractivity contribution in [3.05, 3.63) is 47.7 Å². The molecule has 0 radical (unpaired) electrons. The van der Waals surface area contributed by atoms with Crippen molar-refractivity contribution < 1.29 is 9.53 Å². The maximum atomic E-state index is 11.2. The van der Waals surface area contributed by atoms with Gasteiger partial charge in [0.2, 0.25) is 0 Å². The number of esters is 1. The standard InChI is InChI=1S/C16H17NO2/c1-3-19-16(18)6-4-5-13-8-10-15-14(11-13)9-7-12(2)17-15/h4-5,7-11H,3,6H2,1-2H3.